The molecule has 40 valence electrons. The fourth-order valence-corrected chi connectivity index (χ4v) is 0.642. The van der Waals surface area contributed by atoms with Gasteiger partial charge in [-0.1, -0.05) is 0 Å². The first-order chi connectivity index (χ1) is 2.77. The van der Waals surface area contributed by atoms with Crippen molar-refractivity contribution in [2.24, 2.45) is 0 Å². The normalized spacial score (nSPS) is 8.83. The van der Waals surface area contributed by atoms with Crippen LogP contribution in [0.2, 0.25) is 4.89 Å². The maximum absolute atomic E-state index is 9.53. The maximum atomic E-state index is 9.53. The third-order valence-electron chi connectivity index (χ3n) is 0.138. The summed E-state index contributed by atoms with van der Waals surface area (Å²) in [4.78, 5) is 9.63. The summed E-state index contributed by atoms with van der Waals surface area (Å²) in [5, 5.41) is 7.84. The van der Waals surface area contributed by atoms with Crippen molar-refractivity contribution in [1.82, 2.24) is 0 Å². The Bertz CT molecular complexity index is 55.5. The topological polar surface area (TPSA) is 37.3 Å². The molecule has 0 aliphatic heterocycles. The number of carboxylic acid groups (broad SMARTS) is 1. The molecule has 0 bridgehead atoms. The van der Waals surface area contributed by atoms with E-state index in [1.165, 1.54) is 0 Å². The number of carbonyl (C=O) groups is 1. The second kappa shape index (κ2) is 3.61. The molecule has 1 N–H and O–H groups in total. The van der Waals surface area contributed by atoms with Crippen molar-refractivity contribution in [3.63, 3.8) is 0 Å². The Morgan fingerprint density at radius 2 is 2.50 bits per heavy atom. The van der Waals surface area contributed by atoms with E-state index in [0.717, 1.165) is 0 Å². The van der Waals surface area contributed by atoms with Gasteiger partial charge in [0.2, 0.25) is 0 Å². The third-order valence-corrected chi connectivity index (χ3v) is 1.32. The minimum absolute atomic E-state index is 0.107. The molecule has 0 heterocycles. The van der Waals surface area contributed by atoms with Crippen molar-refractivity contribution in [2.75, 3.05) is 0 Å². The number of hydrogen-bond acceptors (Lipinski definition) is 1. The van der Waals surface area contributed by atoms with Crippen molar-refractivity contribution in [3.05, 3.63) is 0 Å². The van der Waals surface area contributed by atoms with Crippen LogP contribution in [0.5, 0.6) is 0 Å². The van der Waals surface area contributed by atoms with Gasteiger partial charge in [0.15, 0.2) is 0 Å². The monoisotopic (exact) mass is 200 g/mol. The zero-order valence-corrected chi connectivity index (χ0v) is 5.07. The van der Waals surface area contributed by atoms with Crippen LogP contribution in [0.25, 0.3) is 0 Å². The van der Waals surface area contributed by atoms with Crippen molar-refractivity contribution in [3.8, 4) is 0 Å². The molecular weight excluding hydrogens is 198 g/mol. The SMILES string of the molecule is O=C(O)[CH2][Pd][Cl]. The summed E-state index contributed by atoms with van der Waals surface area (Å²) in [6, 6.07) is 0. The van der Waals surface area contributed by atoms with Gasteiger partial charge in [-0.15, -0.1) is 0 Å². The van der Waals surface area contributed by atoms with Crippen LogP contribution in [0.3, 0.4) is 0 Å². The zero-order chi connectivity index (χ0) is 4.99. The van der Waals surface area contributed by atoms with Crippen LogP contribution in [0, 0.1) is 0 Å². The number of hydrogen-bond donors (Lipinski definition) is 1. The molecule has 0 aliphatic carbocycles. The average molecular weight is 201 g/mol. The molecule has 0 atom stereocenters. The summed E-state index contributed by atoms with van der Waals surface area (Å²) in [5.74, 6) is -0.820. The second-order valence-electron chi connectivity index (χ2n) is 0.590. The Morgan fingerprint density at radius 3 is 2.50 bits per heavy atom. The number of aliphatic carboxylic acids is 1. The zero-order valence-electron chi connectivity index (χ0n) is 2.76. The van der Waals surface area contributed by atoms with Crippen molar-refractivity contribution in [1.29, 1.82) is 0 Å². The summed E-state index contributed by atoms with van der Waals surface area (Å²) >= 11 is -0.144. The molecule has 0 spiro atoms. The van der Waals surface area contributed by atoms with Gasteiger partial charge in [-0.05, 0) is 0 Å². The van der Waals surface area contributed by atoms with E-state index < -0.39 is 5.97 Å². The first-order valence-electron chi connectivity index (χ1n) is 1.12. The van der Waals surface area contributed by atoms with E-state index in [4.69, 9.17) is 14.6 Å². The van der Waals surface area contributed by atoms with E-state index in [1.807, 2.05) is 0 Å². The Morgan fingerprint density at radius 1 is 2.00 bits per heavy atom. The van der Waals surface area contributed by atoms with Gasteiger partial charge < -0.3 is 0 Å². The van der Waals surface area contributed by atoms with E-state index >= 15 is 0 Å². The van der Waals surface area contributed by atoms with Crippen LogP contribution in [0.15, 0.2) is 0 Å². The summed E-state index contributed by atoms with van der Waals surface area (Å²) in [6.45, 7) is 0. The van der Waals surface area contributed by atoms with Crippen molar-refractivity contribution < 1.29 is 26.9 Å². The molecule has 2 nitrogen and oxygen atoms in total. The van der Waals surface area contributed by atoms with Crippen LogP contribution in [-0.2, 0) is 21.8 Å². The molecule has 0 aliphatic rings. The molecule has 0 aromatic carbocycles. The molecule has 0 unspecified atom stereocenters. The van der Waals surface area contributed by atoms with Gasteiger partial charge in [-0.3, -0.25) is 0 Å². The molecule has 4 heteroatoms. The third kappa shape index (κ3) is 4.42. The fraction of sp³-hybridized carbons (Fsp3) is 0.500. The quantitative estimate of drug-likeness (QED) is 0.668. The van der Waals surface area contributed by atoms with E-state index in [1.54, 1.807) is 0 Å². The fourth-order valence-electron chi connectivity index (χ4n) is 0.0361. The van der Waals surface area contributed by atoms with Gasteiger partial charge in [0.1, 0.15) is 0 Å². The number of halogens is 1. The molecular formula is C2H3ClO2Pd. The van der Waals surface area contributed by atoms with Gasteiger partial charge >= 0.3 is 47.3 Å². The molecule has 0 saturated carbocycles. The Kier molecular flexibility index (Phi) is 3.86. The van der Waals surface area contributed by atoms with Gasteiger partial charge in [-0.25, -0.2) is 0 Å². The first-order valence-corrected chi connectivity index (χ1v) is 4.23. The number of carboxylic acids is 1. The van der Waals surface area contributed by atoms with Gasteiger partial charge in [-0.2, -0.15) is 0 Å². The van der Waals surface area contributed by atoms with E-state index in [0.29, 0.717) is 0 Å². The second-order valence-corrected chi connectivity index (χ2v) is 2.56. The van der Waals surface area contributed by atoms with Crippen LogP contribution >= 0.6 is 9.53 Å². The van der Waals surface area contributed by atoms with Gasteiger partial charge in [0, 0.05) is 0 Å². The van der Waals surface area contributed by atoms with Gasteiger partial charge in [0.25, 0.3) is 0 Å². The Balaban J connectivity index is 2.83. The molecule has 0 aromatic heterocycles. The Labute approximate surface area is 47.6 Å². The van der Waals surface area contributed by atoms with E-state index in [9.17, 15) is 4.79 Å². The first kappa shape index (κ1) is 6.42. The summed E-state index contributed by atoms with van der Waals surface area (Å²) in [6.07, 6.45) is 0. The van der Waals surface area contributed by atoms with Crippen LogP contribution in [0.4, 0.5) is 0 Å². The molecule has 6 heavy (non-hydrogen) atoms. The number of rotatable bonds is 2. The summed E-state index contributed by atoms with van der Waals surface area (Å²) in [7, 11) is 5.07. The molecule has 0 radical (unpaired) electrons. The minimum atomic E-state index is -0.820. The predicted octanol–water partition coefficient (Wildman–Crippen LogP) is 0.726. The van der Waals surface area contributed by atoms with Crippen LogP contribution in [0.1, 0.15) is 0 Å². The van der Waals surface area contributed by atoms with Gasteiger partial charge in [0.05, 0.1) is 0 Å². The van der Waals surface area contributed by atoms with Crippen LogP contribution in [-0.4, -0.2) is 11.1 Å². The van der Waals surface area contributed by atoms with E-state index in [2.05, 4.69) is 0 Å². The van der Waals surface area contributed by atoms with E-state index in [-0.39, 0.29) is 21.9 Å². The summed E-state index contributed by atoms with van der Waals surface area (Å²) in [5.41, 5.74) is 0. The average Bonchev–Trinajstić information content (AvgIpc) is 1.35. The Hall–Kier alpha value is 0.422. The van der Waals surface area contributed by atoms with Crippen molar-refractivity contribution in [2.45, 2.75) is 4.89 Å². The standard InChI is InChI=1S/C2H3O2.ClH.Pd/c1-2(3)4;;/h1H2,(H,3,4);1H;/q;;+1/p-1. The molecule has 0 amide bonds. The molecule has 0 aromatic rings. The molecule has 0 rings (SSSR count). The van der Waals surface area contributed by atoms with Crippen LogP contribution < -0.4 is 0 Å². The van der Waals surface area contributed by atoms with Crippen molar-refractivity contribution >= 4 is 15.5 Å². The predicted molar refractivity (Wildman–Crippen MR) is 18.3 cm³/mol. The molecule has 0 saturated heterocycles. The molecule has 0 fully saturated rings. The summed E-state index contributed by atoms with van der Waals surface area (Å²) < 4.78 is 0.